The van der Waals surface area contributed by atoms with Gasteiger partial charge in [-0.15, -0.1) is 0 Å². The van der Waals surface area contributed by atoms with Crippen molar-refractivity contribution in [3.8, 4) is 0 Å². The average Bonchev–Trinajstić information content (AvgIpc) is 2.34. The fourth-order valence-corrected chi connectivity index (χ4v) is 2.19. The first-order valence-corrected chi connectivity index (χ1v) is 6.21. The molecule has 1 saturated heterocycles. The van der Waals surface area contributed by atoms with Gasteiger partial charge in [0.25, 0.3) is 0 Å². The highest BCUT2D eigenvalue weighted by Gasteiger charge is 2.38. The number of amides is 1. The highest BCUT2D eigenvalue weighted by atomic mass is 16.2. The SMILES string of the molecule is CNCc1ccc(N2CCNC(=O)C2(C)C)nc1. The molecule has 18 heavy (non-hydrogen) atoms. The smallest absolute Gasteiger partial charge is 0.245 e. The second-order valence-electron chi connectivity index (χ2n) is 5.02. The van der Waals surface area contributed by atoms with Crippen molar-refractivity contribution in [2.24, 2.45) is 0 Å². The number of carbonyl (C=O) groups is 1. The summed E-state index contributed by atoms with van der Waals surface area (Å²) in [5.74, 6) is 0.907. The van der Waals surface area contributed by atoms with Crippen molar-refractivity contribution >= 4 is 11.7 Å². The van der Waals surface area contributed by atoms with Crippen molar-refractivity contribution < 1.29 is 4.79 Å². The highest BCUT2D eigenvalue weighted by Crippen LogP contribution is 2.24. The lowest BCUT2D eigenvalue weighted by atomic mass is 9.99. The quantitative estimate of drug-likeness (QED) is 0.818. The molecule has 0 saturated carbocycles. The van der Waals surface area contributed by atoms with Crippen LogP contribution in [0.1, 0.15) is 19.4 Å². The highest BCUT2D eigenvalue weighted by molar-refractivity contribution is 5.90. The Bertz CT molecular complexity index is 427. The monoisotopic (exact) mass is 248 g/mol. The molecule has 1 aromatic rings. The van der Waals surface area contributed by atoms with Gasteiger partial charge in [0.2, 0.25) is 5.91 Å². The van der Waals surface area contributed by atoms with Crippen LogP contribution in [0.2, 0.25) is 0 Å². The summed E-state index contributed by atoms with van der Waals surface area (Å²) in [4.78, 5) is 18.4. The van der Waals surface area contributed by atoms with Crippen LogP contribution in [0.4, 0.5) is 5.82 Å². The summed E-state index contributed by atoms with van der Waals surface area (Å²) in [5, 5.41) is 5.97. The molecule has 0 radical (unpaired) electrons. The molecule has 0 aromatic carbocycles. The number of aromatic nitrogens is 1. The lowest BCUT2D eigenvalue weighted by Crippen LogP contribution is -2.62. The zero-order chi connectivity index (χ0) is 13.2. The van der Waals surface area contributed by atoms with E-state index in [2.05, 4.69) is 20.5 Å². The molecule has 1 aromatic heterocycles. The molecule has 0 atom stereocenters. The van der Waals surface area contributed by atoms with Crippen molar-refractivity contribution in [1.29, 1.82) is 0 Å². The molecule has 2 N–H and O–H groups in total. The third-order valence-corrected chi connectivity index (χ3v) is 3.32. The third-order valence-electron chi connectivity index (χ3n) is 3.32. The van der Waals surface area contributed by atoms with Gasteiger partial charge in [-0.2, -0.15) is 0 Å². The summed E-state index contributed by atoms with van der Waals surface area (Å²) in [6.07, 6.45) is 1.86. The maximum absolute atomic E-state index is 11.9. The lowest BCUT2D eigenvalue weighted by Gasteiger charge is -2.42. The van der Waals surface area contributed by atoms with Crippen LogP contribution in [0.5, 0.6) is 0 Å². The number of rotatable bonds is 3. The molecule has 1 aliphatic heterocycles. The Kier molecular flexibility index (Phi) is 3.52. The van der Waals surface area contributed by atoms with Gasteiger partial charge >= 0.3 is 0 Å². The van der Waals surface area contributed by atoms with E-state index in [1.807, 2.05) is 39.2 Å². The minimum absolute atomic E-state index is 0.0508. The number of hydrogen-bond donors (Lipinski definition) is 2. The molecule has 98 valence electrons. The molecular formula is C13H20N4O. The largest absolute Gasteiger partial charge is 0.352 e. The number of pyridine rings is 1. The van der Waals surface area contributed by atoms with Gasteiger partial charge in [-0.1, -0.05) is 6.07 Å². The summed E-state index contributed by atoms with van der Waals surface area (Å²) in [5.41, 5.74) is 0.594. The Hall–Kier alpha value is -1.62. The van der Waals surface area contributed by atoms with E-state index in [9.17, 15) is 4.79 Å². The maximum atomic E-state index is 11.9. The number of carbonyl (C=O) groups excluding carboxylic acids is 1. The zero-order valence-corrected chi connectivity index (χ0v) is 11.2. The summed E-state index contributed by atoms with van der Waals surface area (Å²) in [6, 6.07) is 4.02. The molecule has 0 spiro atoms. The average molecular weight is 248 g/mol. The van der Waals surface area contributed by atoms with E-state index >= 15 is 0 Å². The lowest BCUT2D eigenvalue weighted by molar-refractivity contribution is -0.126. The maximum Gasteiger partial charge on any atom is 0.245 e. The van der Waals surface area contributed by atoms with Crippen LogP contribution in [0.3, 0.4) is 0 Å². The van der Waals surface area contributed by atoms with Crippen LogP contribution < -0.4 is 15.5 Å². The van der Waals surface area contributed by atoms with Crippen LogP contribution in [-0.2, 0) is 11.3 Å². The van der Waals surface area contributed by atoms with E-state index in [0.717, 1.165) is 24.5 Å². The van der Waals surface area contributed by atoms with Gasteiger partial charge in [-0.3, -0.25) is 4.79 Å². The number of hydrogen-bond acceptors (Lipinski definition) is 4. The van der Waals surface area contributed by atoms with E-state index in [1.165, 1.54) is 0 Å². The molecule has 1 amide bonds. The first-order valence-electron chi connectivity index (χ1n) is 6.21. The van der Waals surface area contributed by atoms with Crippen LogP contribution in [0.25, 0.3) is 0 Å². The summed E-state index contributed by atoms with van der Waals surface area (Å²) >= 11 is 0. The van der Waals surface area contributed by atoms with Crippen molar-refractivity contribution in [1.82, 2.24) is 15.6 Å². The molecule has 5 nitrogen and oxygen atoms in total. The summed E-state index contributed by atoms with van der Waals surface area (Å²) in [7, 11) is 1.91. The fourth-order valence-electron chi connectivity index (χ4n) is 2.19. The Morgan fingerprint density at radius 1 is 1.50 bits per heavy atom. The zero-order valence-electron chi connectivity index (χ0n) is 11.2. The Morgan fingerprint density at radius 3 is 2.89 bits per heavy atom. The van der Waals surface area contributed by atoms with Gasteiger partial charge in [0.15, 0.2) is 0 Å². The number of nitrogens with zero attached hydrogens (tertiary/aromatic N) is 2. The Balaban J connectivity index is 2.22. The van der Waals surface area contributed by atoms with Crippen LogP contribution >= 0.6 is 0 Å². The van der Waals surface area contributed by atoms with E-state index in [0.29, 0.717) is 6.54 Å². The Labute approximate surface area is 108 Å². The van der Waals surface area contributed by atoms with E-state index in [1.54, 1.807) is 0 Å². The van der Waals surface area contributed by atoms with Gasteiger partial charge in [0, 0.05) is 25.8 Å². The van der Waals surface area contributed by atoms with Crippen molar-refractivity contribution in [2.45, 2.75) is 25.9 Å². The first kappa shape index (κ1) is 12.8. The van der Waals surface area contributed by atoms with Gasteiger partial charge in [0.1, 0.15) is 11.4 Å². The second kappa shape index (κ2) is 4.94. The molecule has 0 aliphatic carbocycles. The van der Waals surface area contributed by atoms with Crippen LogP contribution in [0, 0.1) is 0 Å². The minimum atomic E-state index is -0.546. The molecule has 5 heteroatoms. The van der Waals surface area contributed by atoms with Gasteiger partial charge in [-0.05, 0) is 32.5 Å². The van der Waals surface area contributed by atoms with Gasteiger partial charge in [0.05, 0.1) is 0 Å². The van der Waals surface area contributed by atoms with Gasteiger partial charge in [-0.25, -0.2) is 4.98 Å². The molecule has 1 fully saturated rings. The fraction of sp³-hybridized carbons (Fsp3) is 0.538. The molecule has 0 unspecified atom stereocenters. The molecule has 0 bridgehead atoms. The number of piperazine rings is 1. The summed E-state index contributed by atoms with van der Waals surface area (Å²) in [6.45, 7) is 6.10. The van der Waals surface area contributed by atoms with Crippen molar-refractivity contribution in [3.05, 3.63) is 23.9 Å². The molecule has 2 rings (SSSR count). The molecular weight excluding hydrogens is 228 g/mol. The summed E-state index contributed by atoms with van der Waals surface area (Å²) < 4.78 is 0. The predicted octanol–water partition coefficient (Wildman–Crippen LogP) is 0.516. The van der Waals surface area contributed by atoms with Crippen LogP contribution in [0.15, 0.2) is 18.3 Å². The third kappa shape index (κ3) is 2.31. The molecule has 2 heterocycles. The normalized spacial score (nSPS) is 18.6. The van der Waals surface area contributed by atoms with E-state index in [-0.39, 0.29) is 5.91 Å². The van der Waals surface area contributed by atoms with Crippen molar-refractivity contribution in [3.63, 3.8) is 0 Å². The van der Waals surface area contributed by atoms with Crippen molar-refractivity contribution in [2.75, 3.05) is 25.0 Å². The standard InChI is InChI=1S/C13H20N4O/c1-13(2)12(18)15-6-7-17(13)11-5-4-10(8-14-3)9-16-11/h4-5,9,14H,6-8H2,1-3H3,(H,15,18). The van der Waals surface area contributed by atoms with E-state index < -0.39 is 5.54 Å². The number of nitrogens with one attached hydrogen (secondary N) is 2. The van der Waals surface area contributed by atoms with Gasteiger partial charge < -0.3 is 15.5 Å². The predicted molar refractivity (Wildman–Crippen MR) is 71.4 cm³/mol. The molecule has 1 aliphatic rings. The first-order chi connectivity index (χ1) is 8.55. The van der Waals surface area contributed by atoms with Crippen LogP contribution in [-0.4, -0.2) is 36.6 Å². The minimum Gasteiger partial charge on any atom is -0.352 e. The Morgan fingerprint density at radius 2 is 2.28 bits per heavy atom. The number of anilines is 1. The van der Waals surface area contributed by atoms with E-state index in [4.69, 9.17) is 0 Å². The second-order valence-corrected chi connectivity index (χ2v) is 5.02. The topological polar surface area (TPSA) is 57.3 Å².